The Balaban J connectivity index is 2.07. The van der Waals surface area contributed by atoms with Crippen LogP contribution < -0.4 is 9.64 Å². The Kier molecular flexibility index (Phi) is 3.41. The molecule has 1 aromatic heterocycles. The number of anilines is 1. The fraction of sp³-hybridized carbons (Fsp3) is 0.545. The van der Waals surface area contributed by atoms with Crippen molar-refractivity contribution >= 4 is 11.9 Å². The van der Waals surface area contributed by atoms with Gasteiger partial charge in [-0.05, 0) is 6.42 Å². The van der Waals surface area contributed by atoms with Gasteiger partial charge < -0.3 is 14.4 Å². The van der Waals surface area contributed by atoms with Crippen LogP contribution in [-0.2, 0) is 9.53 Å². The lowest BCUT2D eigenvalue weighted by atomic mass is 10.1. The number of carbonyl (C=O) groups is 1. The van der Waals surface area contributed by atoms with Crippen molar-refractivity contribution in [3.8, 4) is 5.88 Å². The number of hydrogen-bond acceptors (Lipinski definition) is 6. The van der Waals surface area contributed by atoms with Crippen LogP contribution in [0.2, 0.25) is 0 Å². The molecule has 6 heteroatoms. The Morgan fingerprint density at radius 3 is 3.06 bits per heavy atom. The molecule has 0 saturated carbocycles. The molecule has 0 bridgehead atoms. The summed E-state index contributed by atoms with van der Waals surface area (Å²) in [7, 11) is 2.97. The Morgan fingerprint density at radius 1 is 1.53 bits per heavy atom. The normalized spacial score (nSPS) is 19.2. The second kappa shape index (κ2) is 4.99. The van der Waals surface area contributed by atoms with E-state index in [0.29, 0.717) is 18.4 Å². The first-order chi connectivity index (χ1) is 8.24. The van der Waals surface area contributed by atoms with E-state index < -0.39 is 0 Å². The van der Waals surface area contributed by atoms with Gasteiger partial charge in [-0.15, -0.1) is 0 Å². The van der Waals surface area contributed by atoms with Crippen LogP contribution in [0.15, 0.2) is 12.3 Å². The molecule has 2 rings (SSSR count). The lowest BCUT2D eigenvalue weighted by Gasteiger charge is -2.15. The maximum absolute atomic E-state index is 11.4. The van der Waals surface area contributed by atoms with Crippen molar-refractivity contribution in [3.05, 3.63) is 12.3 Å². The zero-order valence-electron chi connectivity index (χ0n) is 9.92. The van der Waals surface area contributed by atoms with Gasteiger partial charge in [0.1, 0.15) is 0 Å². The van der Waals surface area contributed by atoms with Gasteiger partial charge in [-0.2, -0.15) is 4.98 Å². The number of methoxy groups -OCH3 is 2. The maximum atomic E-state index is 11.4. The summed E-state index contributed by atoms with van der Waals surface area (Å²) in [4.78, 5) is 21.8. The zero-order chi connectivity index (χ0) is 12.3. The molecule has 1 aromatic rings. The highest BCUT2D eigenvalue weighted by Crippen LogP contribution is 2.22. The standard InChI is InChI=1S/C11H15N3O3/c1-16-9-3-5-12-11(13-9)14-6-4-8(7-14)10(15)17-2/h3,5,8H,4,6-7H2,1-2H3. The molecule has 0 aliphatic carbocycles. The molecule has 1 saturated heterocycles. The van der Waals surface area contributed by atoms with Crippen LogP contribution in [0.25, 0.3) is 0 Å². The van der Waals surface area contributed by atoms with E-state index in [4.69, 9.17) is 9.47 Å². The number of aromatic nitrogens is 2. The number of carbonyl (C=O) groups excluding carboxylic acids is 1. The summed E-state index contributed by atoms with van der Waals surface area (Å²) < 4.78 is 9.77. The summed E-state index contributed by atoms with van der Waals surface area (Å²) in [6, 6.07) is 1.69. The van der Waals surface area contributed by atoms with Gasteiger partial charge >= 0.3 is 5.97 Å². The van der Waals surface area contributed by atoms with Crippen molar-refractivity contribution in [2.45, 2.75) is 6.42 Å². The monoisotopic (exact) mass is 237 g/mol. The van der Waals surface area contributed by atoms with Crippen LogP contribution in [0, 0.1) is 5.92 Å². The molecule has 1 fully saturated rings. The smallest absolute Gasteiger partial charge is 0.310 e. The van der Waals surface area contributed by atoms with Gasteiger partial charge in [-0.3, -0.25) is 4.79 Å². The minimum Gasteiger partial charge on any atom is -0.481 e. The van der Waals surface area contributed by atoms with Crippen LogP contribution in [0.3, 0.4) is 0 Å². The average Bonchev–Trinajstić information content (AvgIpc) is 2.87. The van der Waals surface area contributed by atoms with E-state index in [9.17, 15) is 4.79 Å². The van der Waals surface area contributed by atoms with Gasteiger partial charge in [0, 0.05) is 25.4 Å². The SMILES string of the molecule is COC(=O)C1CCN(c2nccc(OC)n2)C1. The molecule has 0 N–H and O–H groups in total. The summed E-state index contributed by atoms with van der Waals surface area (Å²) in [6.07, 6.45) is 2.42. The van der Waals surface area contributed by atoms with Gasteiger partial charge in [0.2, 0.25) is 11.8 Å². The third-order valence-electron chi connectivity index (χ3n) is 2.83. The molecule has 1 unspecified atom stereocenters. The molecule has 0 aromatic carbocycles. The van der Waals surface area contributed by atoms with Crippen molar-refractivity contribution in [1.82, 2.24) is 9.97 Å². The molecule has 0 radical (unpaired) electrons. The fourth-order valence-electron chi connectivity index (χ4n) is 1.90. The number of nitrogens with zero attached hydrogens (tertiary/aromatic N) is 3. The quantitative estimate of drug-likeness (QED) is 0.713. The Labute approximate surface area is 99.6 Å². The summed E-state index contributed by atoms with van der Waals surface area (Å²) in [5, 5.41) is 0. The fourth-order valence-corrected chi connectivity index (χ4v) is 1.90. The van der Waals surface area contributed by atoms with Gasteiger partial charge in [-0.1, -0.05) is 0 Å². The molecule has 0 spiro atoms. The first-order valence-electron chi connectivity index (χ1n) is 5.44. The van der Waals surface area contributed by atoms with E-state index in [1.54, 1.807) is 19.4 Å². The second-order valence-corrected chi connectivity index (χ2v) is 3.85. The molecule has 92 valence electrons. The van der Waals surface area contributed by atoms with Crippen molar-refractivity contribution < 1.29 is 14.3 Å². The predicted octanol–water partition coefficient (Wildman–Crippen LogP) is 0.484. The predicted molar refractivity (Wildman–Crippen MR) is 60.9 cm³/mol. The molecule has 0 amide bonds. The lowest BCUT2D eigenvalue weighted by molar-refractivity contribution is -0.144. The van der Waals surface area contributed by atoms with Gasteiger partial charge in [0.25, 0.3) is 0 Å². The van der Waals surface area contributed by atoms with E-state index in [1.807, 2.05) is 4.90 Å². The third-order valence-corrected chi connectivity index (χ3v) is 2.83. The summed E-state index contributed by atoms with van der Waals surface area (Å²) in [6.45, 7) is 1.35. The molecule has 1 atom stereocenters. The van der Waals surface area contributed by atoms with E-state index in [0.717, 1.165) is 13.0 Å². The highest BCUT2D eigenvalue weighted by Gasteiger charge is 2.30. The van der Waals surface area contributed by atoms with Crippen LogP contribution in [0.1, 0.15) is 6.42 Å². The van der Waals surface area contributed by atoms with Crippen LogP contribution in [0.4, 0.5) is 5.95 Å². The largest absolute Gasteiger partial charge is 0.481 e. The van der Waals surface area contributed by atoms with Crippen molar-refractivity contribution in [1.29, 1.82) is 0 Å². The minimum atomic E-state index is -0.171. The molecule has 2 heterocycles. The van der Waals surface area contributed by atoms with Crippen LogP contribution in [-0.4, -0.2) is 43.2 Å². The van der Waals surface area contributed by atoms with E-state index in [1.165, 1.54) is 7.11 Å². The van der Waals surface area contributed by atoms with Gasteiger partial charge in [0.05, 0.1) is 20.1 Å². The highest BCUT2D eigenvalue weighted by atomic mass is 16.5. The van der Waals surface area contributed by atoms with E-state index in [2.05, 4.69) is 9.97 Å². The second-order valence-electron chi connectivity index (χ2n) is 3.85. The van der Waals surface area contributed by atoms with Crippen molar-refractivity contribution in [2.24, 2.45) is 5.92 Å². The Hall–Kier alpha value is -1.85. The Morgan fingerprint density at radius 2 is 2.35 bits per heavy atom. The van der Waals surface area contributed by atoms with Gasteiger partial charge in [0.15, 0.2) is 0 Å². The highest BCUT2D eigenvalue weighted by molar-refractivity contribution is 5.73. The zero-order valence-corrected chi connectivity index (χ0v) is 9.92. The molecule has 6 nitrogen and oxygen atoms in total. The van der Waals surface area contributed by atoms with Crippen LogP contribution >= 0.6 is 0 Å². The maximum Gasteiger partial charge on any atom is 0.310 e. The first-order valence-corrected chi connectivity index (χ1v) is 5.44. The van der Waals surface area contributed by atoms with Crippen LogP contribution in [0.5, 0.6) is 5.88 Å². The molecule has 1 aliphatic heterocycles. The summed E-state index contributed by atoms with van der Waals surface area (Å²) >= 11 is 0. The van der Waals surface area contributed by atoms with Crippen molar-refractivity contribution in [3.63, 3.8) is 0 Å². The molecule has 1 aliphatic rings. The molecular formula is C11H15N3O3. The number of esters is 1. The van der Waals surface area contributed by atoms with Gasteiger partial charge in [-0.25, -0.2) is 4.98 Å². The van der Waals surface area contributed by atoms with E-state index in [-0.39, 0.29) is 11.9 Å². The number of rotatable bonds is 3. The van der Waals surface area contributed by atoms with E-state index >= 15 is 0 Å². The topological polar surface area (TPSA) is 64.5 Å². The lowest BCUT2D eigenvalue weighted by Crippen LogP contribution is -2.25. The minimum absolute atomic E-state index is 0.0881. The number of hydrogen-bond donors (Lipinski definition) is 0. The summed E-state index contributed by atoms with van der Waals surface area (Å²) in [5.74, 6) is 0.859. The average molecular weight is 237 g/mol. The number of ether oxygens (including phenoxy) is 2. The first kappa shape index (κ1) is 11.6. The molecule has 17 heavy (non-hydrogen) atoms. The summed E-state index contributed by atoms with van der Waals surface area (Å²) in [5.41, 5.74) is 0. The van der Waals surface area contributed by atoms with Crippen molar-refractivity contribution in [2.75, 3.05) is 32.2 Å². The molecular weight excluding hydrogens is 222 g/mol. The Bertz CT molecular complexity index is 411. The third kappa shape index (κ3) is 2.46.